The molecule has 0 saturated heterocycles. The number of anilines is 2. The first-order chi connectivity index (χ1) is 14.5. The normalized spacial score (nSPS) is 18.9. The molecule has 0 aliphatic heterocycles. The molecule has 158 valence electrons. The number of hydrogen-bond donors (Lipinski definition) is 4. The zero-order valence-electron chi connectivity index (χ0n) is 16.5. The molecule has 0 bridgehead atoms. The van der Waals surface area contributed by atoms with Crippen molar-refractivity contribution in [3.05, 3.63) is 64.8 Å². The number of pyridine rings is 1. The molecule has 2 aromatic rings. The maximum Gasteiger partial charge on any atom is 0.257 e. The van der Waals surface area contributed by atoms with Gasteiger partial charge in [0.15, 0.2) is 0 Å². The molecule has 0 radical (unpaired) electrons. The lowest BCUT2D eigenvalue weighted by Gasteiger charge is -2.25. The third-order valence-corrected chi connectivity index (χ3v) is 5.34. The molecular formula is C22H25BrN4O3. The van der Waals surface area contributed by atoms with Gasteiger partial charge in [-0.1, -0.05) is 28.1 Å². The number of hydrogen-bond acceptors (Lipinski definition) is 5. The lowest BCUT2D eigenvalue weighted by molar-refractivity contribution is -0.111. The van der Waals surface area contributed by atoms with Gasteiger partial charge in [0, 0.05) is 35.0 Å². The molecular weight excluding hydrogens is 448 g/mol. The fourth-order valence-electron chi connectivity index (χ4n) is 3.22. The molecule has 4 N–H and O–H groups in total. The van der Waals surface area contributed by atoms with E-state index in [2.05, 4.69) is 36.9 Å². The van der Waals surface area contributed by atoms with Gasteiger partial charge < -0.3 is 21.1 Å². The van der Waals surface area contributed by atoms with Crippen LogP contribution in [0.3, 0.4) is 0 Å². The number of aliphatic hydroxyl groups excluding tert-OH is 1. The van der Waals surface area contributed by atoms with E-state index in [0.29, 0.717) is 29.7 Å². The second kappa shape index (κ2) is 11.0. The van der Waals surface area contributed by atoms with E-state index in [1.807, 2.05) is 12.1 Å². The number of aliphatic hydroxyl groups is 1. The van der Waals surface area contributed by atoms with Gasteiger partial charge in [0.25, 0.3) is 5.91 Å². The van der Waals surface area contributed by atoms with Crippen molar-refractivity contribution in [2.24, 2.45) is 0 Å². The van der Waals surface area contributed by atoms with E-state index >= 15 is 0 Å². The summed E-state index contributed by atoms with van der Waals surface area (Å²) in [5, 5.41) is 18.3. The van der Waals surface area contributed by atoms with Gasteiger partial charge in [0.05, 0.1) is 11.7 Å². The molecule has 7 nitrogen and oxygen atoms in total. The average molecular weight is 473 g/mol. The van der Waals surface area contributed by atoms with Crippen molar-refractivity contribution in [1.82, 2.24) is 10.3 Å². The van der Waals surface area contributed by atoms with E-state index in [0.717, 1.165) is 30.2 Å². The Morgan fingerprint density at radius 3 is 2.63 bits per heavy atom. The molecule has 3 rings (SSSR count). The fourth-order valence-corrected chi connectivity index (χ4v) is 3.62. The van der Waals surface area contributed by atoms with Crippen LogP contribution in [0.25, 0.3) is 0 Å². The Hall–Kier alpha value is -2.55. The predicted molar refractivity (Wildman–Crippen MR) is 120 cm³/mol. The van der Waals surface area contributed by atoms with Gasteiger partial charge in [0.2, 0.25) is 5.91 Å². The van der Waals surface area contributed by atoms with Crippen molar-refractivity contribution in [3.63, 3.8) is 0 Å². The highest BCUT2D eigenvalue weighted by molar-refractivity contribution is 9.10. The first-order valence-corrected chi connectivity index (χ1v) is 10.7. The second-order valence-corrected chi connectivity index (χ2v) is 8.12. The summed E-state index contributed by atoms with van der Waals surface area (Å²) >= 11 is 3.36. The quantitative estimate of drug-likeness (QED) is 0.461. The minimum absolute atomic E-state index is 0.171. The van der Waals surface area contributed by atoms with Gasteiger partial charge in [0.1, 0.15) is 5.82 Å². The van der Waals surface area contributed by atoms with E-state index in [-0.39, 0.29) is 17.9 Å². The van der Waals surface area contributed by atoms with Gasteiger partial charge >= 0.3 is 0 Å². The Balaban J connectivity index is 1.43. The Morgan fingerprint density at radius 2 is 1.93 bits per heavy atom. The van der Waals surface area contributed by atoms with Gasteiger partial charge in [-0.3, -0.25) is 9.59 Å². The zero-order chi connectivity index (χ0) is 21.3. The lowest BCUT2D eigenvalue weighted by atomic mass is 9.93. The topological polar surface area (TPSA) is 103 Å². The summed E-state index contributed by atoms with van der Waals surface area (Å²) in [5.41, 5.74) is 1.07. The molecule has 1 heterocycles. The van der Waals surface area contributed by atoms with E-state index in [9.17, 15) is 14.7 Å². The number of carbonyl (C=O) groups is 2. The molecule has 0 atom stereocenters. The number of benzene rings is 1. The van der Waals surface area contributed by atoms with E-state index < -0.39 is 0 Å². The molecule has 1 aromatic heterocycles. The van der Waals surface area contributed by atoms with Crippen LogP contribution < -0.4 is 16.0 Å². The summed E-state index contributed by atoms with van der Waals surface area (Å²) in [6, 6.07) is 10.9. The number of rotatable bonds is 7. The average Bonchev–Trinajstić information content (AvgIpc) is 2.73. The monoisotopic (exact) mass is 472 g/mol. The first-order valence-electron chi connectivity index (χ1n) is 9.91. The van der Waals surface area contributed by atoms with Crippen LogP contribution in [-0.2, 0) is 4.79 Å². The van der Waals surface area contributed by atoms with Crippen LogP contribution in [0.5, 0.6) is 0 Å². The van der Waals surface area contributed by atoms with Gasteiger partial charge in [-0.15, -0.1) is 0 Å². The molecule has 1 aliphatic rings. The van der Waals surface area contributed by atoms with Gasteiger partial charge in [-0.25, -0.2) is 4.98 Å². The van der Waals surface area contributed by atoms with E-state index in [1.54, 1.807) is 30.3 Å². The number of nitrogens with one attached hydrogen (secondary N) is 3. The highest BCUT2D eigenvalue weighted by Gasteiger charge is 2.18. The standard InChI is InChI=1S/C22H25BrN4O3/c23-16-3-1-4-18(13-16)26-22(30)15-6-11-20(25-14-15)27-21(29)5-2-12-24-17-7-9-19(28)10-8-17/h1-6,11,13-14,17,19,24,28H,7-10,12H2,(H,26,30)(H,25,27,29)/b5-2+. The van der Waals surface area contributed by atoms with Crippen LogP contribution in [0.2, 0.25) is 0 Å². The minimum Gasteiger partial charge on any atom is -0.393 e. The predicted octanol–water partition coefficient (Wildman–Crippen LogP) is 3.48. The highest BCUT2D eigenvalue weighted by atomic mass is 79.9. The van der Waals surface area contributed by atoms with Crippen molar-refractivity contribution < 1.29 is 14.7 Å². The Morgan fingerprint density at radius 1 is 1.13 bits per heavy atom. The Labute approximate surface area is 184 Å². The maximum absolute atomic E-state index is 12.3. The lowest BCUT2D eigenvalue weighted by Crippen LogP contribution is -2.34. The molecule has 2 amide bonds. The number of amides is 2. The van der Waals surface area contributed by atoms with Crippen LogP contribution in [0.1, 0.15) is 36.0 Å². The third-order valence-electron chi connectivity index (χ3n) is 4.85. The third kappa shape index (κ3) is 7.05. The van der Waals surface area contributed by atoms with Crippen molar-refractivity contribution in [3.8, 4) is 0 Å². The summed E-state index contributed by atoms with van der Waals surface area (Å²) in [6.45, 7) is 0.594. The van der Waals surface area contributed by atoms with Gasteiger partial charge in [-0.05, 0) is 56.0 Å². The van der Waals surface area contributed by atoms with Crippen LogP contribution in [-0.4, -0.2) is 40.6 Å². The molecule has 0 spiro atoms. The van der Waals surface area contributed by atoms with Crippen LogP contribution in [0.15, 0.2) is 59.2 Å². The molecule has 1 saturated carbocycles. The summed E-state index contributed by atoms with van der Waals surface area (Å²) in [7, 11) is 0. The van der Waals surface area contributed by atoms with Crippen molar-refractivity contribution in [2.45, 2.75) is 37.8 Å². The zero-order valence-corrected chi connectivity index (χ0v) is 18.1. The number of carbonyl (C=O) groups excluding carboxylic acids is 2. The SMILES string of the molecule is O=C(/C=C/CNC1CCC(O)CC1)Nc1ccc(C(=O)Nc2cccc(Br)c2)cn1. The molecule has 1 aromatic carbocycles. The summed E-state index contributed by atoms with van der Waals surface area (Å²) in [5.74, 6) is -0.188. The number of nitrogens with zero attached hydrogens (tertiary/aromatic N) is 1. The van der Waals surface area contributed by atoms with Gasteiger partial charge in [-0.2, -0.15) is 0 Å². The van der Waals surface area contributed by atoms with Crippen molar-refractivity contribution in [2.75, 3.05) is 17.2 Å². The molecule has 0 unspecified atom stereocenters. The molecule has 8 heteroatoms. The Bertz CT molecular complexity index is 894. The fraction of sp³-hybridized carbons (Fsp3) is 0.318. The molecule has 1 fully saturated rings. The van der Waals surface area contributed by atoms with Crippen molar-refractivity contribution >= 4 is 39.2 Å². The molecule has 1 aliphatic carbocycles. The van der Waals surface area contributed by atoms with Crippen LogP contribution >= 0.6 is 15.9 Å². The van der Waals surface area contributed by atoms with Crippen molar-refractivity contribution in [1.29, 1.82) is 0 Å². The first kappa shape index (κ1) is 22.1. The summed E-state index contributed by atoms with van der Waals surface area (Å²) < 4.78 is 0.872. The smallest absolute Gasteiger partial charge is 0.257 e. The van der Waals surface area contributed by atoms with Crippen LogP contribution in [0.4, 0.5) is 11.5 Å². The second-order valence-electron chi connectivity index (χ2n) is 7.20. The van der Waals surface area contributed by atoms with Crippen LogP contribution in [0, 0.1) is 0 Å². The molecule has 30 heavy (non-hydrogen) atoms. The maximum atomic E-state index is 12.3. The minimum atomic E-state index is -0.283. The highest BCUT2D eigenvalue weighted by Crippen LogP contribution is 2.18. The summed E-state index contributed by atoms with van der Waals surface area (Å²) in [6.07, 6.45) is 8.02. The number of aromatic nitrogens is 1. The van der Waals surface area contributed by atoms with E-state index in [4.69, 9.17) is 0 Å². The Kier molecular flexibility index (Phi) is 8.12. The van der Waals surface area contributed by atoms with E-state index in [1.165, 1.54) is 12.3 Å². The largest absolute Gasteiger partial charge is 0.393 e. The summed E-state index contributed by atoms with van der Waals surface area (Å²) in [4.78, 5) is 28.4. The number of halogens is 1.